The minimum Gasteiger partial charge on any atom is -0.351 e. The molecular weight excluding hydrogens is 238 g/mol. The first kappa shape index (κ1) is 14.0. The summed E-state index contributed by atoms with van der Waals surface area (Å²) in [5.74, 6) is 0.123. The van der Waals surface area contributed by atoms with Gasteiger partial charge in [-0.05, 0) is 50.0 Å². The van der Waals surface area contributed by atoms with E-state index in [0.717, 1.165) is 24.2 Å². The summed E-state index contributed by atoms with van der Waals surface area (Å²) in [5.41, 5.74) is 2.26. The molecule has 0 radical (unpaired) electrons. The number of likely N-dealkylation sites (tertiary alicyclic amines) is 1. The summed E-state index contributed by atoms with van der Waals surface area (Å²) in [7, 11) is 0. The lowest BCUT2D eigenvalue weighted by atomic mass is 10.1. The first-order chi connectivity index (χ1) is 9.25. The molecule has 4 nitrogen and oxygen atoms in total. The van der Waals surface area contributed by atoms with Crippen molar-refractivity contribution in [3.63, 3.8) is 0 Å². The van der Waals surface area contributed by atoms with Crippen molar-refractivity contribution < 1.29 is 4.79 Å². The largest absolute Gasteiger partial charge is 0.351 e. The lowest BCUT2D eigenvalue weighted by Gasteiger charge is -2.19. The minimum atomic E-state index is 0.123. The summed E-state index contributed by atoms with van der Waals surface area (Å²) < 4.78 is 0. The van der Waals surface area contributed by atoms with Crippen LogP contribution in [-0.2, 0) is 11.3 Å². The van der Waals surface area contributed by atoms with Crippen LogP contribution in [0.3, 0.4) is 0 Å². The van der Waals surface area contributed by atoms with E-state index < -0.39 is 0 Å². The summed E-state index contributed by atoms with van der Waals surface area (Å²) >= 11 is 0. The lowest BCUT2D eigenvalue weighted by Crippen LogP contribution is -2.37. The van der Waals surface area contributed by atoms with Gasteiger partial charge >= 0.3 is 0 Å². The Labute approximate surface area is 115 Å². The number of aromatic nitrogens is 1. The standard InChI is InChI=1S/C15H23N3O/c1-13-10-16-7-6-14(13)11-17-15(19)12-18-8-4-2-3-5-9-18/h6-7,10H,2-5,8-9,11-12H2,1H3,(H,17,19). The molecule has 19 heavy (non-hydrogen) atoms. The predicted octanol–water partition coefficient (Wildman–Crippen LogP) is 1.88. The van der Waals surface area contributed by atoms with Gasteiger partial charge in [0.1, 0.15) is 0 Å². The van der Waals surface area contributed by atoms with E-state index in [1.165, 1.54) is 25.7 Å². The van der Waals surface area contributed by atoms with Gasteiger partial charge in [-0.15, -0.1) is 0 Å². The number of amides is 1. The molecule has 0 atom stereocenters. The molecule has 0 saturated carbocycles. The molecule has 0 bridgehead atoms. The van der Waals surface area contributed by atoms with E-state index in [4.69, 9.17) is 0 Å². The second-order valence-electron chi connectivity index (χ2n) is 5.27. The molecule has 4 heteroatoms. The molecule has 0 aromatic carbocycles. The summed E-state index contributed by atoms with van der Waals surface area (Å²) in [4.78, 5) is 18.3. The van der Waals surface area contributed by atoms with Gasteiger partial charge in [0.05, 0.1) is 6.54 Å². The number of hydrogen-bond acceptors (Lipinski definition) is 3. The van der Waals surface area contributed by atoms with Crippen LogP contribution in [0.15, 0.2) is 18.5 Å². The fraction of sp³-hybridized carbons (Fsp3) is 0.600. The Morgan fingerprint density at radius 1 is 1.32 bits per heavy atom. The number of hydrogen-bond donors (Lipinski definition) is 1. The van der Waals surface area contributed by atoms with E-state index in [2.05, 4.69) is 15.2 Å². The van der Waals surface area contributed by atoms with Crippen LogP contribution in [0.5, 0.6) is 0 Å². The highest BCUT2D eigenvalue weighted by Crippen LogP contribution is 2.09. The molecule has 1 aliphatic heterocycles. The quantitative estimate of drug-likeness (QED) is 0.900. The maximum Gasteiger partial charge on any atom is 0.234 e. The average molecular weight is 261 g/mol. The molecular formula is C15H23N3O. The van der Waals surface area contributed by atoms with Gasteiger partial charge in [-0.2, -0.15) is 0 Å². The second-order valence-corrected chi connectivity index (χ2v) is 5.27. The van der Waals surface area contributed by atoms with Crippen LogP contribution in [0, 0.1) is 6.92 Å². The lowest BCUT2D eigenvalue weighted by molar-refractivity contribution is -0.122. The highest BCUT2D eigenvalue weighted by atomic mass is 16.2. The monoisotopic (exact) mass is 261 g/mol. The van der Waals surface area contributed by atoms with Crippen molar-refractivity contribution in [2.45, 2.75) is 39.2 Å². The zero-order chi connectivity index (χ0) is 13.5. The summed E-state index contributed by atoms with van der Waals surface area (Å²) in [6.45, 7) is 5.26. The number of aryl methyl sites for hydroxylation is 1. The SMILES string of the molecule is Cc1cnccc1CNC(=O)CN1CCCCCC1. The smallest absolute Gasteiger partial charge is 0.234 e. The van der Waals surface area contributed by atoms with Gasteiger partial charge in [0.2, 0.25) is 5.91 Å². The molecule has 2 rings (SSSR count). The van der Waals surface area contributed by atoms with E-state index in [-0.39, 0.29) is 5.91 Å². The third-order valence-corrected chi connectivity index (χ3v) is 3.68. The molecule has 2 heterocycles. The maximum absolute atomic E-state index is 11.9. The van der Waals surface area contributed by atoms with Crippen molar-refractivity contribution in [3.05, 3.63) is 29.6 Å². The fourth-order valence-electron chi connectivity index (χ4n) is 2.45. The maximum atomic E-state index is 11.9. The highest BCUT2D eigenvalue weighted by molar-refractivity contribution is 5.78. The number of rotatable bonds is 4. The van der Waals surface area contributed by atoms with Crippen molar-refractivity contribution >= 4 is 5.91 Å². The Bertz CT molecular complexity index is 412. The summed E-state index contributed by atoms with van der Waals surface area (Å²) in [6, 6.07) is 1.96. The molecule has 1 N–H and O–H groups in total. The van der Waals surface area contributed by atoms with Crippen molar-refractivity contribution in [1.29, 1.82) is 0 Å². The Balaban J connectivity index is 1.76. The van der Waals surface area contributed by atoms with E-state index >= 15 is 0 Å². The van der Waals surface area contributed by atoms with Crippen molar-refractivity contribution in [2.75, 3.05) is 19.6 Å². The predicted molar refractivity (Wildman–Crippen MR) is 75.7 cm³/mol. The third-order valence-electron chi connectivity index (χ3n) is 3.68. The molecule has 1 aromatic heterocycles. The van der Waals surface area contributed by atoms with Gasteiger partial charge in [-0.1, -0.05) is 12.8 Å². The topological polar surface area (TPSA) is 45.2 Å². The second kappa shape index (κ2) is 7.24. The molecule has 0 aliphatic carbocycles. The minimum absolute atomic E-state index is 0.123. The molecule has 1 saturated heterocycles. The first-order valence-corrected chi connectivity index (χ1v) is 7.14. The van der Waals surface area contributed by atoms with Crippen molar-refractivity contribution in [3.8, 4) is 0 Å². The van der Waals surface area contributed by atoms with Gasteiger partial charge < -0.3 is 5.32 Å². The van der Waals surface area contributed by atoms with Crippen LogP contribution in [0.1, 0.15) is 36.8 Å². The zero-order valence-electron chi connectivity index (χ0n) is 11.7. The van der Waals surface area contributed by atoms with E-state index in [9.17, 15) is 4.79 Å². The van der Waals surface area contributed by atoms with Crippen LogP contribution in [0.2, 0.25) is 0 Å². The summed E-state index contributed by atoms with van der Waals surface area (Å²) in [5, 5.41) is 3.00. The molecule has 0 unspecified atom stereocenters. The Hall–Kier alpha value is -1.42. The Kier molecular flexibility index (Phi) is 5.33. The number of nitrogens with zero attached hydrogens (tertiary/aromatic N) is 2. The van der Waals surface area contributed by atoms with Crippen LogP contribution in [0.25, 0.3) is 0 Å². The van der Waals surface area contributed by atoms with E-state index in [1.54, 1.807) is 6.20 Å². The molecule has 1 fully saturated rings. The number of carbonyl (C=O) groups is 1. The van der Waals surface area contributed by atoms with Gasteiger partial charge in [0.25, 0.3) is 0 Å². The zero-order valence-corrected chi connectivity index (χ0v) is 11.7. The van der Waals surface area contributed by atoms with E-state index in [0.29, 0.717) is 13.1 Å². The third kappa shape index (κ3) is 4.63. The van der Waals surface area contributed by atoms with Gasteiger partial charge in [0.15, 0.2) is 0 Å². The molecule has 1 aromatic rings. The molecule has 104 valence electrons. The normalized spacial score (nSPS) is 16.9. The number of carbonyl (C=O) groups excluding carboxylic acids is 1. The summed E-state index contributed by atoms with van der Waals surface area (Å²) in [6.07, 6.45) is 8.63. The van der Waals surface area contributed by atoms with Crippen molar-refractivity contribution in [1.82, 2.24) is 15.2 Å². The van der Waals surface area contributed by atoms with Crippen LogP contribution in [0.4, 0.5) is 0 Å². The molecule has 0 spiro atoms. The number of nitrogens with one attached hydrogen (secondary N) is 1. The van der Waals surface area contributed by atoms with Crippen LogP contribution in [-0.4, -0.2) is 35.4 Å². The van der Waals surface area contributed by atoms with Crippen LogP contribution < -0.4 is 5.32 Å². The molecule has 1 amide bonds. The van der Waals surface area contributed by atoms with Gasteiger partial charge in [-0.3, -0.25) is 14.7 Å². The Morgan fingerprint density at radius 3 is 2.74 bits per heavy atom. The highest BCUT2D eigenvalue weighted by Gasteiger charge is 2.12. The average Bonchev–Trinajstić information content (AvgIpc) is 2.66. The Morgan fingerprint density at radius 2 is 2.05 bits per heavy atom. The van der Waals surface area contributed by atoms with Crippen LogP contribution >= 0.6 is 0 Å². The van der Waals surface area contributed by atoms with E-state index in [1.807, 2.05) is 19.2 Å². The fourth-order valence-corrected chi connectivity index (χ4v) is 2.45. The van der Waals surface area contributed by atoms with Gasteiger partial charge in [0, 0.05) is 18.9 Å². The number of pyridine rings is 1. The van der Waals surface area contributed by atoms with Crippen molar-refractivity contribution in [2.24, 2.45) is 0 Å². The van der Waals surface area contributed by atoms with Gasteiger partial charge in [-0.25, -0.2) is 0 Å². The molecule has 1 aliphatic rings. The first-order valence-electron chi connectivity index (χ1n) is 7.14.